The number of aromatic nitrogens is 1. The Hall–Kier alpha value is -2.48. The highest BCUT2D eigenvalue weighted by Gasteiger charge is 2.15. The van der Waals surface area contributed by atoms with E-state index in [1.165, 1.54) is 22.2 Å². The number of likely N-dealkylation sites (N-methyl/N-ethyl adjacent to an activating group) is 1. The quantitative estimate of drug-likeness (QED) is 0.523. The SMILES string of the molecule is CCCN(C)C(=O)OC/C(=C(/N)c1ccc(O)cn1)N(C)N. The van der Waals surface area contributed by atoms with Crippen molar-refractivity contribution in [1.29, 1.82) is 0 Å². The molecule has 0 aromatic carbocycles. The topological polar surface area (TPSA) is 118 Å². The third kappa shape index (κ3) is 4.81. The van der Waals surface area contributed by atoms with Gasteiger partial charge in [-0.05, 0) is 18.6 Å². The molecule has 0 aliphatic rings. The number of hydrogen-bond acceptors (Lipinski definition) is 7. The number of nitrogens with zero attached hydrogens (tertiary/aromatic N) is 3. The number of nitrogens with two attached hydrogens (primary N) is 2. The van der Waals surface area contributed by atoms with E-state index < -0.39 is 6.09 Å². The number of ether oxygens (including phenoxy) is 1. The average Bonchev–Trinajstić information content (AvgIpc) is 2.47. The van der Waals surface area contributed by atoms with Gasteiger partial charge in [-0.2, -0.15) is 0 Å². The lowest BCUT2D eigenvalue weighted by Crippen LogP contribution is -2.34. The highest BCUT2D eigenvalue weighted by atomic mass is 16.6. The van der Waals surface area contributed by atoms with Crippen LogP contribution in [0.15, 0.2) is 24.0 Å². The molecule has 0 saturated heterocycles. The molecule has 0 aliphatic heterocycles. The molecule has 1 aromatic heterocycles. The van der Waals surface area contributed by atoms with Crippen LogP contribution in [-0.4, -0.2) is 53.3 Å². The van der Waals surface area contributed by atoms with E-state index in [1.807, 2.05) is 6.92 Å². The zero-order valence-electron chi connectivity index (χ0n) is 13.1. The molecule has 1 aromatic rings. The van der Waals surface area contributed by atoms with E-state index in [2.05, 4.69) is 4.98 Å². The van der Waals surface area contributed by atoms with Gasteiger partial charge in [-0.3, -0.25) is 4.98 Å². The summed E-state index contributed by atoms with van der Waals surface area (Å²) in [5.74, 6) is 5.77. The smallest absolute Gasteiger partial charge is 0.409 e. The fourth-order valence-electron chi connectivity index (χ4n) is 1.73. The Bertz CT molecular complexity index is 528. The highest BCUT2D eigenvalue weighted by Crippen LogP contribution is 2.15. The number of rotatable bonds is 6. The molecule has 0 atom stereocenters. The zero-order valence-corrected chi connectivity index (χ0v) is 13.1. The van der Waals surface area contributed by atoms with E-state index in [-0.39, 0.29) is 18.1 Å². The van der Waals surface area contributed by atoms with Crippen LogP contribution < -0.4 is 11.6 Å². The van der Waals surface area contributed by atoms with E-state index in [4.69, 9.17) is 16.3 Å². The minimum Gasteiger partial charge on any atom is -0.506 e. The van der Waals surface area contributed by atoms with Crippen LogP contribution >= 0.6 is 0 Å². The van der Waals surface area contributed by atoms with Crippen LogP contribution in [0.3, 0.4) is 0 Å². The normalized spacial score (nSPS) is 11.6. The van der Waals surface area contributed by atoms with Gasteiger partial charge in [-0.25, -0.2) is 10.6 Å². The maximum Gasteiger partial charge on any atom is 0.409 e. The van der Waals surface area contributed by atoms with Crippen molar-refractivity contribution in [3.8, 4) is 5.75 Å². The van der Waals surface area contributed by atoms with Crippen molar-refractivity contribution in [1.82, 2.24) is 14.9 Å². The minimum absolute atomic E-state index is 0.0341. The first-order valence-electron chi connectivity index (χ1n) is 6.87. The predicted octanol–water partition coefficient (Wildman–Crippen LogP) is 0.698. The van der Waals surface area contributed by atoms with Crippen LogP contribution in [0.25, 0.3) is 5.70 Å². The molecule has 0 bridgehead atoms. The predicted molar refractivity (Wildman–Crippen MR) is 83.2 cm³/mol. The second kappa shape index (κ2) is 8.08. The molecule has 0 aliphatic carbocycles. The van der Waals surface area contributed by atoms with E-state index in [9.17, 15) is 9.90 Å². The van der Waals surface area contributed by atoms with Gasteiger partial charge in [0, 0.05) is 20.6 Å². The third-order valence-electron chi connectivity index (χ3n) is 2.96. The average molecular weight is 309 g/mol. The highest BCUT2D eigenvalue weighted by molar-refractivity contribution is 5.68. The van der Waals surface area contributed by atoms with Crippen LogP contribution in [0.5, 0.6) is 5.75 Å². The van der Waals surface area contributed by atoms with Gasteiger partial charge in [0.15, 0.2) is 0 Å². The van der Waals surface area contributed by atoms with Crippen molar-refractivity contribution in [2.75, 3.05) is 27.2 Å². The molecule has 22 heavy (non-hydrogen) atoms. The summed E-state index contributed by atoms with van der Waals surface area (Å²) in [6.45, 7) is 2.50. The molecular formula is C14H23N5O3. The lowest BCUT2D eigenvalue weighted by atomic mass is 10.2. The number of carbonyl (C=O) groups is 1. The molecule has 1 rings (SSSR count). The van der Waals surface area contributed by atoms with Crippen LogP contribution in [0.1, 0.15) is 19.0 Å². The van der Waals surface area contributed by atoms with Crippen molar-refractivity contribution >= 4 is 11.8 Å². The van der Waals surface area contributed by atoms with Gasteiger partial charge < -0.3 is 25.5 Å². The lowest BCUT2D eigenvalue weighted by Gasteiger charge is -2.21. The number of carbonyl (C=O) groups excluding carboxylic acids is 1. The van der Waals surface area contributed by atoms with Crippen molar-refractivity contribution < 1.29 is 14.6 Å². The number of hydrazine groups is 1. The number of amides is 1. The van der Waals surface area contributed by atoms with Gasteiger partial charge in [0.25, 0.3) is 0 Å². The van der Waals surface area contributed by atoms with Crippen molar-refractivity contribution in [2.45, 2.75) is 13.3 Å². The summed E-state index contributed by atoms with van der Waals surface area (Å²) >= 11 is 0. The summed E-state index contributed by atoms with van der Waals surface area (Å²) in [6, 6.07) is 3.02. The van der Waals surface area contributed by atoms with Crippen LogP contribution in [-0.2, 0) is 4.74 Å². The second-order valence-corrected chi connectivity index (χ2v) is 4.85. The number of hydrogen-bond donors (Lipinski definition) is 3. The monoisotopic (exact) mass is 309 g/mol. The molecule has 0 radical (unpaired) electrons. The van der Waals surface area contributed by atoms with Crippen LogP contribution in [0.4, 0.5) is 4.79 Å². The Balaban J connectivity index is 2.86. The summed E-state index contributed by atoms with van der Waals surface area (Å²) in [4.78, 5) is 17.3. The van der Waals surface area contributed by atoms with Gasteiger partial charge >= 0.3 is 6.09 Å². The second-order valence-electron chi connectivity index (χ2n) is 4.85. The first-order chi connectivity index (χ1) is 10.4. The summed E-state index contributed by atoms with van der Waals surface area (Å²) in [6.07, 6.45) is 1.66. The fraction of sp³-hybridized carbons (Fsp3) is 0.429. The minimum atomic E-state index is -0.451. The molecule has 0 saturated carbocycles. The molecule has 122 valence electrons. The van der Waals surface area contributed by atoms with Crippen molar-refractivity contribution in [2.24, 2.45) is 11.6 Å². The summed E-state index contributed by atoms with van der Waals surface area (Å²) in [5.41, 5.74) is 7.14. The summed E-state index contributed by atoms with van der Waals surface area (Å²) in [5, 5.41) is 10.5. The van der Waals surface area contributed by atoms with Gasteiger partial charge in [-0.1, -0.05) is 6.92 Å². The molecule has 0 fully saturated rings. The van der Waals surface area contributed by atoms with Gasteiger partial charge in [0.2, 0.25) is 0 Å². The zero-order chi connectivity index (χ0) is 16.7. The van der Waals surface area contributed by atoms with Crippen LogP contribution in [0.2, 0.25) is 0 Å². The van der Waals surface area contributed by atoms with E-state index in [0.717, 1.165) is 6.42 Å². The van der Waals surface area contributed by atoms with Gasteiger partial charge in [0.1, 0.15) is 12.4 Å². The van der Waals surface area contributed by atoms with Crippen molar-refractivity contribution in [3.05, 3.63) is 29.7 Å². The summed E-state index contributed by atoms with van der Waals surface area (Å²) in [7, 11) is 3.25. The first kappa shape index (κ1) is 17.6. The molecule has 1 amide bonds. The van der Waals surface area contributed by atoms with Crippen molar-refractivity contribution in [3.63, 3.8) is 0 Å². The van der Waals surface area contributed by atoms with Gasteiger partial charge in [-0.15, -0.1) is 0 Å². The lowest BCUT2D eigenvalue weighted by molar-refractivity contribution is 0.113. The maximum absolute atomic E-state index is 11.8. The Labute approximate surface area is 129 Å². The molecule has 5 N–H and O–H groups in total. The van der Waals surface area contributed by atoms with E-state index in [1.54, 1.807) is 20.2 Å². The fourth-order valence-corrected chi connectivity index (χ4v) is 1.73. The maximum atomic E-state index is 11.8. The number of aromatic hydroxyl groups is 1. The Morgan fingerprint density at radius 3 is 2.59 bits per heavy atom. The molecule has 8 nitrogen and oxygen atoms in total. The molecule has 1 heterocycles. The molecule has 0 spiro atoms. The Morgan fingerprint density at radius 2 is 2.09 bits per heavy atom. The molecule has 8 heteroatoms. The summed E-state index contributed by atoms with van der Waals surface area (Å²) < 4.78 is 5.20. The standard InChI is InChI=1S/C14H23N5O3/c1-4-7-18(2)14(21)22-9-12(19(3)16)13(15)11-6-5-10(20)8-17-11/h5-6,8,20H,4,7,9,15-16H2,1-3H3/b13-12-. The van der Waals surface area contributed by atoms with Crippen LogP contribution in [0, 0.1) is 0 Å². The molecule has 0 unspecified atom stereocenters. The largest absolute Gasteiger partial charge is 0.506 e. The molecular weight excluding hydrogens is 286 g/mol. The Morgan fingerprint density at radius 1 is 1.41 bits per heavy atom. The van der Waals surface area contributed by atoms with Gasteiger partial charge in [0.05, 0.1) is 23.3 Å². The third-order valence-corrected chi connectivity index (χ3v) is 2.96. The Kier molecular flexibility index (Phi) is 6.46. The van der Waals surface area contributed by atoms with E-state index in [0.29, 0.717) is 17.9 Å². The van der Waals surface area contributed by atoms with E-state index >= 15 is 0 Å². The number of pyridine rings is 1. The first-order valence-corrected chi connectivity index (χ1v) is 6.87.